The van der Waals surface area contributed by atoms with Crippen LogP contribution in [-0.4, -0.2) is 0 Å². The zero-order valence-electron chi connectivity index (χ0n) is 6.62. The maximum absolute atomic E-state index is 8.91. The van der Waals surface area contributed by atoms with E-state index in [4.69, 9.17) is 5.26 Å². The number of thiol groups is 1. The Bertz CT molecular complexity index is 330. The second-order valence-electron chi connectivity index (χ2n) is 3.24. The molecule has 0 radical (unpaired) electrons. The van der Waals surface area contributed by atoms with E-state index in [0.29, 0.717) is 0 Å². The molecule has 12 heavy (non-hydrogen) atoms. The lowest BCUT2D eigenvalue weighted by atomic mass is 9.98. The molecule has 1 aliphatic rings. The first-order valence-electron chi connectivity index (χ1n) is 3.98. The van der Waals surface area contributed by atoms with Gasteiger partial charge in [-0.3, -0.25) is 0 Å². The molecule has 0 heterocycles. The van der Waals surface area contributed by atoms with Gasteiger partial charge in [0.15, 0.2) is 0 Å². The van der Waals surface area contributed by atoms with Gasteiger partial charge in [-0.2, -0.15) is 5.26 Å². The highest BCUT2D eigenvalue weighted by Gasteiger charge is 2.44. The van der Waals surface area contributed by atoms with Gasteiger partial charge in [0.2, 0.25) is 0 Å². The van der Waals surface area contributed by atoms with E-state index in [1.54, 1.807) is 0 Å². The Balaban J connectivity index is 2.37. The summed E-state index contributed by atoms with van der Waals surface area (Å²) in [6.07, 6.45) is 2.02. The normalized spacial score (nSPS) is 18.3. The zero-order valence-corrected chi connectivity index (χ0v) is 7.51. The second-order valence-corrected chi connectivity index (χ2v) is 3.76. The Morgan fingerprint density at radius 1 is 1.25 bits per heavy atom. The van der Waals surface area contributed by atoms with Crippen LogP contribution in [-0.2, 0) is 5.41 Å². The Kier molecular flexibility index (Phi) is 1.62. The predicted molar refractivity (Wildman–Crippen MR) is 50.2 cm³/mol. The summed E-state index contributed by atoms with van der Waals surface area (Å²) < 4.78 is 0. The fourth-order valence-electron chi connectivity index (χ4n) is 1.37. The molecule has 1 saturated carbocycles. The predicted octanol–water partition coefficient (Wildman–Crippen LogP) is 2.53. The van der Waals surface area contributed by atoms with Crippen molar-refractivity contribution < 1.29 is 0 Å². The monoisotopic (exact) mass is 175 g/mol. The van der Waals surface area contributed by atoms with Crippen molar-refractivity contribution >= 4 is 12.6 Å². The highest BCUT2D eigenvalue weighted by atomic mass is 32.1. The molecule has 0 aliphatic heterocycles. The molecule has 0 bridgehead atoms. The second kappa shape index (κ2) is 2.53. The van der Waals surface area contributed by atoms with Gasteiger partial charge < -0.3 is 0 Å². The third-order valence-electron chi connectivity index (χ3n) is 2.38. The summed E-state index contributed by atoms with van der Waals surface area (Å²) in [6.45, 7) is 0. The van der Waals surface area contributed by atoms with Gasteiger partial charge in [0.1, 0.15) is 0 Å². The average molecular weight is 175 g/mol. The molecule has 1 aromatic carbocycles. The smallest absolute Gasteiger partial charge is 0.0823 e. The Labute approximate surface area is 77.4 Å². The molecule has 0 spiro atoms. The van der Waals surface area contributed by atoms with Crippen LogP contribution in [0.25, 0.3) is 0 Å². The van der Waals surface area contributed by atoms with E-state index in [2.05, 4.69) is 18.7 Å². The number of nitrogens with zero attached hydrogens (tertiary/aromatic N) is 1. The molecule has 0 aromatic heterocycles. The van der Waals surface area contributed by atoms with Gasteiger partial charge in [-0.25, -0.2) is 0 Å². The van der Waals surface area contributed by atoms with Crippen LogP contribution in [0.4, 0.5) is 0 Å². The molecule has 1 nitrogen and oxygen atoms in total. The SMILES string of the molecule is N#CC1(c2ccc(S)cc2)CC1. The van der Waals surface area contributed by atoms with E-state index in [-0.39, 0.29) is 5.41 Å². The molecular formula is C10H9NS. The molecule has 2 heteroatoms. The van der Waals surface area contributed by atoms with Crippen molar-refractivity contribution in [2.75, 3.05) is 0 Å². The highest BCUT2D eigenvalue weighted by Crippen LogP contribution is 2.47. The molecule has 2 rings (SSSR count). The molecule has 0 amide bonds. The third kappa shape index (κ3) is 1.11. The Hall–Kier alpha value is -0.940. The van der Waals surface area contributed by atoms with Crippen LogP contribution in [0.1, 0.15) is 18.4 Å². The van der Waals surface area contributed by atoms with Gasteiger partial charge in [-0.1, -0.05) is 12.1 Å². The summed E-state index contributed by atoms with van der Waals surface area (Å²) in [5.41, 5.74) is 0.990. The van der Waals surface area contributed by atoms with Crippen LogP contribution in [0.5, 0.6) is 0 Å². The maximum atomic E-state index is 8.91. The van der Waals surface area contributed by atoms with Crippen molar-refractivity contribution in [1.82, 2.24) is 0 Å². The molecule has 0 atom stereocenters. The lowest BCUT2D eigenvalue weighted by molar-refractivity contribution is 0.906. The summed E-state index contributed by atoms with van der Waals surface area (Å²) in [5.74, 6) is 0. The standard InChI is InChI=1S/C10H9NS/c11-7-10(5-6-10)8-1-3-9(12)4-2-8/h1-4,12H,5-6H2. The van der Waals surface area contributed by atoms with Crippen LogP contribution in [0.15, 0.2) is 29.2 Å². The molecule has 1 aliphatic carbocycles. The van der Waals surface area contributed by atoms with Gasteiger partial charge >= 0.3 is 0 Å². The van der Waals surface area contributed by atoms with Crippen molar-refractivity contribution in [2.45, 2.75) is 23.2 Å². The van der Waals surface area contributed by atoms with E-state index in [9.17, 15) is 0 Å². The minimum Gasteiger partial charge on any atom is -0.197 e. The maximum Gasteiger partial charge on any atom is 0.0823 e. The lowest BCUT2D eigenvalue weighted by Gasteiger charge is -2.04. The van der Waals surface area contributed by atoms with Crippen LogP contribution in [0.2, 0.25) is 0 Å². The largest absolute Gasteiger partial charge is 0.197 e. The Morgan fingerprint density at radius 3 is 2.25 bits per heavy atom. The molecule has 0 unspecified atom stereocenters. The summed E-state index contributed by atoms with van der Waals surface area (Å²) >= 11 is 4.19. The van der Waals surface area contributed by atoms with E-state index >= 15 is 0 Å². The van der Waals surface area contributed by atoms with E-state index in [0.717, 1.165) is 23.3 Å². The van der Waals surface area contributed by atoms with E-state index < -0.39 is 0 Å². The van der Waals surface area contributed by atoms with E-state index in [1.807, 2.05) is 24.3 Å². The topological polar surface area (TPSA) is 23.8 Å². The summed E-state index contributed by atoms with van der Waals surface area (Å²) in [6, 6.07) is 10.2. The molecule has 0 N–H and O–H groups in total. The van der Waals surface area contributed by atoms with Gasteiger partial charge in [-0.05, 0) is 30.5 Å². The third-order valence-corrected chi connectivity index (χ3v) is 2.68. The number of nitriles is 1. The van der Waals surface area contributed by atoms with Gasteiger partial charge in [0.25, 0.3) is 0 Å². The van der Waals surface area contributed by atoms with Crippen molar-refractivity contribution in [2.24, 2.45) is 0 Å². The number of hydrogen-bond donors (Lipinski definition) is 1. The first-order chi connectivity index (χ1) is 5.77. The van der Waals surface area contributed by atoms with Crippen LogP contribution >= 0.6 is 12.6 Å². The number of rotatable bonds is 1. The molecule has 1 aromatic rings. The minimum atomic E-state index is -0.151. The lowest BCUT2D eigenvalue weighted by Crippen LogP contribution is -2.01. The first kappa shape index (κ1) is 7.70. The van der Waals surface area contributed by atoms with Crippen molar-refractivity contribution in [1.29, 1.82) is 5.26 Å². The average Bonchev–Trinajstić information content (AvgIpc) is 2.86. The van der Waals surface area contributed by atoms with Gasteiger partial charge in [0.05, 0.1) is 11.5 Å². The van der Waals surface area contributed by atoms with Gasteiger partial charge in [0, 0.05) is 4.90 Å². The summed E-state index contributed by atoms with van der Waals surface area (Å²) in [4.78, 5) is 0.951. The van der Waals surface area contributed by atoms with E-state index in [1.165, 1.54) is 0 Å². The first-order valence-corrected chi connectivity index (χ1v) is 4.42. The summed E-state index contributed by atoms with van der Waals surface area (Å²) in [7, 11) is 0. The quantitative estimate of drug-likeness (QED) is 0.651. The molecular weight excluding hydrogens is 166 g/mol. The highest BCUT2D eigenvalue weighted by molar-refractivity contribution is 7.80. The van der Waals surface area contributed by atoms with Crippen LogP contribution in [0.3, 0.4) is 0 Å². The fraction of sp³-hybridized carbons (Fsp3) is 0.300. The molecule has 0 saturated heterocycles. The minimum absolute atomic E-state index is 0.151. The zero-order chi connectivity index (χ0) is 8.60. The summed E-state index contributed by atoms with van der Waals surface area (Å²) in [5, 5.41) is 8.91. The van der Waals surface area contributed by atoms with Gasteiger partial charge in [-0.15, -0.1) is 12.6 Å². The van der Waals surface area contributed by atoms with Crippen LogP contribution < -0.4 is 0 Å². The van der Waals surface area contributed by atoms with Crippen molar-refractivity contribution in [3.8, 4) is 6.07 Å². The number of hydrogen-bond acceptors (Lipinski definition) is 2. The Morgan fingerprint density at radius 2 is 1.83 bits per heavy atom. The van der Waals surface area contributed by atoms with Crippen molar-refractivity contribution in [3.05, 3.63) is 29.8 Å². The number of benzene rings is 1. The molecule has 60 valence electrons. The molecule has 1 fully saturated rings. The van der Waals surface area contributed by atoms with Crippen LogP contribution in [0, 0.1) is 11.3 Å². The fourth-order valence-corrected chi connectivity index (χ4v) is 1.52. The van der Waals surface area contributed by atoms with Crippen molar-refractivity contribution in [3.63, 3.8) is 0 Å².